The Hall–Kier alpha value is -2.22. The summed E-state index contributed by atoms with van der Waals surface area (Å²) in [5.74, 6) is 0.734. The number of hydrogen-bond donors (Lipinski definition) is 0. The summed E-state index contributed by atoms with van der Waals surface area (Å²) in [6, 6.07) is 23.8. The summed E-state index contributed by atoms with van der Waals surface area (Å²) in [5.41, 5.74) is 3.49. The normalized spacial score (nSPS) is 11.9. The van der Waals surface area contributed by atoms with Gasteiger partial charge in [-0.1, -0.05) is 89.2 Å². The number of halogens is 1. The van der Waals surface area contributed by atoms with Gasteiger partial charge in [0, 0.05) is 29.6 Å². The molecular formula is C26H30FO2P. The second-order valence-corrected chi connectivity index (χ2v) is 9.15. The third-order valence-electron chi connectivity index (χ3n) is 5.63. The first-order valence-corrected chi connectivity index (χ1v) is 11.4. The number of ether oxygens (including phenoxy) is 2. The van der Waals surface area contributed by atoms with E-state index in [1.54, 1.807) is 19.2 Å². The Morgan fingerprint density at radius 3 is 2.23 bits per heavy atom. The van der Waals surface area contributed by atoms with Crippen LogP contribution in [0.25, 0.3) is 0 Å². The van der Waals surface area contributed by atoms with Crippen molar-refractivity contribution in [1.29, 1.82) is 0 Å². The van der Waals surface area contributed by atoms with Crippen molar-refractivity contribution >= 4 is 13.9 Å². The molecule has 0 aliphatic heterocycles. The maximum atomic E-state index is 14.5. The molecule has 0 heterocycles. The summed E-state index contributed by atoms with van der Waals surface area (Å²) in [4.78, 5) is 0. The van der Waals surface area contributed by atoms with E-state index in [0.717, 1.165) is 41.4 Å². The topological polar surface area (TPSA) is 18.5 Å². The Morgan fingerprint density at radius 1 is 0.867 bits per heavy atom. The number of para-hydroxylation sites is 1. The molecule has 0 saturated heterocycles. The first-order valence-electron chi connectivity index (χ1n) is 10.4. The summed E-state index contributed by atoms with van der Waals surface area (Å²) in [6.45, 7) is 4.55. The van der Waals surface area contributed by atoms with Crippen LogP contribution >= 0.6 is 8.58 Å². The predicted octanol–water partition coefficient (Wildman–Crippen LogP) is 6.42. The van der Waals surface area contributed by atoms with Gasteiger partial charge in [-0.05, 0) is 30.0 Å². The summed E-state index contributed by atoms with van der Waals surface area (Å²) in [6.07, 6.45) is 2.57. The van der Waals surface area contributed by atoms with Gasteiger partial charge >= 0.3 is 0 Å². The van der Waals surface area contributed by atoms with Gasteiger partial charge in [0.05, 0.1) is 0 Å². The lowest BCUT2D eigenvalue weighted by atomic mass is 9.89. The van der Waals surface area contributed by atoms with Crippen molar-refractivity contribution in [3.05, 3.63) is 95.3 Å². The van der Waals surface area contributed by atoms with Gasteiger partial charge < -0.3 is 9.47 Å². The van der Waals surface area contributed by atoms with Crippen LogP contribution in [0.15, 0.2) is 72.8 Å². The Balaban J connectivity index is 2.08. The average molecular weight is 424 g/mol. The second kappa shape index (κ2) is 10.7. The fraction of sp³-hybridized carbons (Fsp3) is 0.308. The molecule has 0 aliphatic carbocycles. The van der Waals surface area contributed by atoms with Crippen molar-refractivity contribution in [1.82, 2.24) is 0 Å². The quantitative estimate of drug-likeness (QED) is 0.276. The van der Waals surface area contributed by atoms with Crippen molar-refractivity contribution in [2.24, 2.45) is 0 Å². The molecule has 0 bridgehead atoms. The molecule has 0 amide bonds. The highest BCUT2D eigenvalue weighted by Crippen LogP contribution is 2.51. The highest BCUT2D eigenvalue weighted by molar-refractivity contribution is 7.48. The molecule has 1 unspecified atom stereocenters. The van der Waals surface area contributed by atoms with Gasteiger partial charge in [0.2, 0.25) is 0 Å². The van der Waals surface area contributed by atoms with Crippen LogP contribution in [0.5, 0.6) is 5.75 Å². The zero-order chi connectivity index (χ0) is 21.4. The number of methoxy groups -OCH3 is 1. The van der Waals surface area contributed by atoms with Crippen molar-refractivity contribution in [2.45, 2.75) is 38.3 Å². The molecule has 3 aromatic rings. The van der Waals surface area contributed by atoms with Gasteiger partial charge in [-0.25, -0.2) is 4.39 Å². The minimum atomic E-state index is -0.196. The van der Waals surface area contributed by atoms with Crippen molar-refractivity contribution < 1.29 is 13.9 Å². The smallest absolute Gasteiger partial charge is 0.188 e. The van der Waals surface area contributed by atoms with E-state index >= 15 is 0 Å². The SMILES string of the molecule is CCC(CC)(Pc1ccccc1F)c1cccc(Cc2ccccc2)c1OCOC. The van der Waals surface area contributed by atoms with Crippen LogP contribution in [-0.4, -0.2) is 13.9 Å². The van der Waals surface area contributed by atoms with E-state index in [4.69, 9.17) is 9.47 Å². The lowest BCUT2D eigenvalue weighted by Crippen LogP contribution is -2.24. The van der Waals surface area contributed by atoms with Crippen LogP contribution < -0.4 is 10.0 Å². The average Bonchev–Trinajstić information content (AvgIpc) is 2.78. The zero-order valence-electron chi connectivity index (χ0n) is 18.0. The zero-order valence-corrected chi connectivity index (χ0v) is 19.0. The summed E-state index contributed by atoms with van der Waals surface area (Å²) in [7, 11) is 1.94. The van der Waals surface area contributed by atoms with Gasteiger partial charge in [-0.3, -0.25) is 0 Å². The molecule has 158 valence electrons. The van der Waals surface area contributed by atoms with Crippen LogP contribution in [0.4, 0.5) is 4.39 Å². The molecule has 3 rings (SSSR count). The monoisotopic (exact) mass is 424 g/mol. The Kier molecular flexibility index (Phi) is 8.01. The van der Waals surface area contributed by atoms with Crippen LogP contribution in [0, 0.1) is 5.82 Å². The molecule has 0 fully saturated rings. The lowest BCUT2D eigenvalue weighted by Gasteiger charge is -2.35. The first-order chi connectivity index (χ1) is 14.6. The molecule has 0 aromatic heterocycles. The molecule has 0 aliphatic rings. The number of benzene rings is 3. The number of rotatable bonds is 10. The molecule has 0 N–H and O–H groups in total. The van der Waals surface area contributed by atoms with E-state index in [2.05, 4.69) is 56.3 Å². The largest absolute Gasteiger partial charge is 0.467 e. The molecule has 1 atom stereocenters. The molecule has 3 aromatic carbocycles. The predicted molar refractivity (Wildman–Crippen MR) is 125 cm³/mol. The highest BCUT2D eigenvalue weighted by atomic mass is 31.1. The van der Waals surface area contributed by atoms with E-state index in [1.807, 2.05) is 18.2 Å². The molecule has 30 heavy (non-hydrogen) atoms. The van der Waals surface area contributed by atoms with Gasteiger partial charge in [0.1, 0.15) is 11.6 Å². The molecule has 0 radical (unpaired) electrons. The maximum absolute atomic E-state index is 14.5. The van der Waals surface area contributed by atoms with Crippen LogP contribution in [0.1, 0.15) is 43.4 Å². The van der Waals surface area contributed by atoms with Crippen LogP contribution in [-0.2, 0) is 16.3 Å². The van der Waals surface area contributed by atoms with Crippen LogP contribution in [0.2, 0.25) is 0 Å². The second-order valence-electron chi connectivity index (χ2n) is 7.40. The minimum Gasteiger partial charge on any atom is -0.467 e. The Morgan fingerprint density at radius 2 is 1.57 bits per heavy atom. The van der Waals surface area contributed by atoms with E-state index in [9.17, 15) is 4.39 Å². The minimum absolute atomic E-state index is 0.137. The van der Waals surface area contributed by atoms with Crippen molar-refractivity contribution in [3.63, 3.8) is 0 Å². The van der Waals surface area contributed by atoms with Crippen molar-refractivity contribution in [2.75, 3.05) is 13.9 Å². The van der Waals surface area contributed by atoms with Gasteiger partial charge in [-0.2, -0.15) is 0 Å². The summed E-state index contributed by atoms with van der Waals surface area (Å²) >= 11 is 0. The Labute approximate surface area is 181 Å². The summed E-state index contributed by atoms with van der Waals surface area (Å²) < 4.78 is 25.9. The summed E-state index contributed by atoms with van der Waals surface area (Å²) in [5, 5.41) is 0.574. The van der Waals surface area contributed by atoms with Gasteiger partial charge in [0.15, 0.2) is 6.79 Å². The first kappa shape index (κ1) is 22.5. The molecule has 4 heteroatoms. The molecule has 2 nitrogen and oxygen atoms in total. The lowest BCUT2D eigenvalue weighted by molar-refractivity contribution is 0.0493. The standard InChI is InChI=1S/C26H30FO2P/c1-4-26(5-2,30-24-17-10-9-16-23(24)27)22-15-11-14-21(25(22)29-19-28-3)18-20-12-7-6-8-13-20/h6-17,30H,4-5,18-19H2,1-3H3. The maximum Gasteiger partial charge on any atom is 0.188 e. The van der Waals surface area contributed by atoms with Gasteiger partial charge in [0.25, 0.3) is 0 Å². The fourth-order valence-electron chi connectivity index (χ4n) is 3.90. The van der Waals surface area contributed by atoms with E-state index in [1.165, 1.54) is 5.56 Å². The van der Waals surface area contributed by atoms with Crippen molar-refractivity contribution in [3.8, 4) is 5.75 Å². The third kappa shape index (κ3) is 5.09. The highest BCUT2D eigenvalue weighted by Gasteiger charge is 2.33. The van der Waals surface area contributed by atoms with E-state index in [-0.39, 0.29) is 17.8 Å². The van der Waals surface area contributed by atoms with Crippen LogP contribution in [0.3, 0.4) is 0 Å². The van der Waals surface area contributed by atoms with E-state index in [0.29, 0.717) is 8.58 Å². The molecule has 0 spiro atoms. The third-order valence-corrected chi connectivity index (χ3v) is 7.76. The molecule has 0 saturated carbocycles. The fourth-order valence-corrected chi connectivity index (χ4v) is 5.48. The Bertz CT molecular complexity index is 939. The molecular weight excluding hydrogens is 394 g/mol. The van der Waals surface area contributed by atoms with E-state index < -0.39 is 0 Å². The van der Waals surface area contributed by atoms with Gasteiger partial charge in [-0.15, -0.1) is 0 Å². The number of hydrogen-bond acceptors (Lipinski definition) is 2.